The maximum absolute atomic E-state index is 5.62. The lowest BCUT2D eigenvalue weighted by atomic mass is 9.97. The normalized spacial score (nSPS) is 35.2. The summed E-state index contributed by atoms with van der Waals surface area (Å²) in [5, 5.41) is 1.77. The van der Waals surface area contributed by atoms with Crippen molar-refractivity contribution < 1.29 is 0 Å². The fraction of sp³-hybridized carbons (Fsp3) is 0.714. The number of allylic oxidation sites excluding steroid dienone is 1. The van der Waals surface area contributed by atoms with Crippen molar-refractivity contribution in [1.29, 1.82) is 0 Å². The maximum atomic E-state index is 5.62. The van der Waals surface area contributed by atoms with Crippen LogP contribution in [0.15, 0.2) is 12.3 Å². The highest BCUT2D eigenvalue weighted by atomic mass is 15.4. The van der Waals surface area contributed by atoms with Crippen molar-refractivity contribution in [1.82, 2.24) is 5.01 Å². The summed E-state index contributed by atoms with van der Waals surface area (Å²) in [6, 6.07) is 0.495. The van der Waals surface area contributed by atoms with Crippen LogP contribution >= 0.6 is 0 Å². The minimum absolute atomic E-state index is 0.495. The van der Waals surface area contributed by atoms with Crippen LogP contribution in [0.3, 0.4) is 0 Å². The van der Waals surface area contributed by atoms with E-state index in [-0.39, 0.29) is 0 Å². The van der Waals surface area contributed by atoms with Gasteiger partial charge in [0.05, 0.1) is 0 Å². The minimum Gasteiger partial charge on any atom is -0.316 e. The lowest BCUT2D eigenvalue weighted by molar-refractivity contribution is 0.216. The molecule has 1 rings (SSSR count). The van der Waals surface area contributed by atoms with Gasteiger partial charge in [-0.2, -0.15) is 0 Å². The second kappa shape index (κ2) is 2.40. The molecule has 0 radical (unpaired) electrons. The lowest BCUT2D eigenvalue weighted by Crippen LogP contribution is -2.40. The molecule has 0 aromatic carbocycles. The van der Waals surface area contributed by atoms with E-state index in [0.29, 0.717) is 12.0 Å². The summed E-state index contributed by atoms with van der Waals surface area (Å²) in [7, 11) is 0. The molecule has 1 aliphatic heterocycles. The molecule has 0 amide bonds. The van der Waals surface area contributed by atoms with Gasteiger partial charge in [-0.15, -0.1) is 0 Å². The van der Waals surface area contributed by atoms with Crippen LogP contribution in [-0.2, 0) is 0 Å². The molecule has 1 aliphatic rings. The third kappa shape index (κ3) is 1.24. The average molecular weight is 126 g/mol. The van der Waals surface area contributed by atoms with Crippen molar-refractivity contribution in [3.05, 3.63) is 12.3 Å². The molecule has 0 aliphatic carbocycles. The van der Waals surface area contributed by atoms with Crippen LogP contribution in [0.5, 0.6) is 0 Å². The zero-order chi connectivity index (χ0) is 6.85. The van der Waals surface area contributed by atoms with E-state index in [2.05, 4.69) is 19.9 Å². The Labute approximate surface area is 56.3 Å². The van der Waals surface area contributed by atoms with Gasteiger partial charge in [-0.25, -0.2) is 5.84 Å². The second-order valence-electron chi connectivity index (χ2n) is 2.79. The molecule has 0 bridgehead atoms. The Morgan fingerprint density at radius 3 is 2.67 bits per heavy atom. The van der Waals surface area contributed by atoms with Gasteiger partial charge < -0.3 is 5.01 Å². The van der Waals surface area contributed by atoms with Crippen LogP contribution in [0, 0.1) is 5.92 Å². The fourth-order valence-electron chi connectivity index (χ4n) is 1.02. The van der Waals surface area contributed by atoms with Crippen molar-refractivity contribution >= 4 is 0 Å². The van der Waals surface area contributed by atoms with Crippen LogP contribution in [0.25, 0.3) is 0 Å². The highest BCUT2D eigenvalue weighted by Gasteiger charge is 2.16. The van der Waals surface area contributed by atoms with E-state index in [1.165, 1.54) is 0 Å². The van der Waals surface area contributed by atoms with Gasteiger partial charge in [0, 0.05) is 12.2 Å². The summed E-state index contributed by atoms with van der Waals surface area (Å²) in [4.78, 5) is 0. The molecule has 9 heavy (non-hydrogen) atoms. The summed E-state index contributed by atoms with van der Waals surface area (Å²) in [5.74, 6) is 6.31. The van der Waals surface area contributed by atoms with E-state index in [1.54, 1.807) is 5.01 Å². The Morgan fingerprint density at radius 1 is 1.56 bits per heavy atom. The highest BCUT2D eigenvalue weighted by molar-refractivity contribution is 4.92. The molecule has 0 saturated carbocycles. The summed E-state index contributed by atoms with van der Waals surface area (Å²) < 4.78 is 0. The molecule has 0 aromatic rings. The monoisotopic (exact) mass is 126 g/mol. The zero-order valence-electron chi connectivity index (χ0n) is 6.04. The third-order valence-corrected chi connectivity index (χ3v) is 2.08. The Hall–Kier alpha value is -0.500. The molecule has 2 nitrogen and oxygen atoms in total. The van der Waals surface area contributed by atoms with Gasteiger partial charge in [0.2, 0.25) is 0 Å². The summed E-state index contributed by atoms with van der Waals surface area (Å²) >= 11 is 0. The quantitative estimate of drug-likeness (QED) is 0.492. The van der Waals surface area contributed by atoms with Crippen LogP contribution < -0.4 is 5.84 Å². The number of nitrogens with two attached hydrogens (primary N) is 1. The minimum atomic E-state index is 0.495. The summed E-state index contributed by atoms with van der Waals surface area (Å²) in [6.45, 7) is 4.36. The number of hydrogen-bond acceptors (Lipinski definition) is 2. The Morgan fingerprint density at radius 2 is 2.22 bits per heavy atom. The third-order valence-electron chi connectivity index (χ3n) is 2.08. The SMILES string of the molecule is CC1CC=CN(N)C1C. The van der Waals surface area contributed by atoms with Gasteiger partial charge >= 0.3 is 0 Å². The van der Waals surface area contributed by atoms with Gasteiger partial charge in [-0.05, 0) is 19.3 Å². The van der Waals surface area contributed by atoms with Gasteiger partial charge in [-0.3, -0.25) is 0 Å². The first kappa shape index (κ1) is 6.62. The van der Waals surface area contributed by atoms with Gasteiger partial charge in [0.25, 0.3) is 0 Å². The first-order chi connectivity index (χ1) is 4.22. The summed E-state index contributed by atoms with van der Waals surface area (Å²) in [6.07, 6.45) is 5.23. The predicted molar refractivity (Wildman–Crippen MR) is 38.4 cm³/mol. The van der Waals surface area contributed by atoms with Crippen LogP contribution in [0.4, 0.5) is 0 Å². The molecule has 2 unspecified atom stereocenters. The molecule has 2 atom stereocenters. The molecule has 1 heterocycles. The van der Waals surface area contributed by atoms with Crippen molar-refractivity contribution in [2.24, 2.45) is 11.8 Å². The number of nitrogens with zero attached hydrogens (tertiary/aromatic N) is 1. The Kier molecular flexibility index (Phi) is 1.76. The van der Waals surface area contributed by atoms with Gasteiger partial charge in [-0.1, -0.05) is 13.0 Å². The molecule has 0 aromatic heterocycles. The van der Waals surface area contributed by atoms with E-state index in [9.17, 15) is 0 Å². The number of hydrazine groups is 1. The van der Waals surface area contributed by atoms with E-state index in [4.69, 9.17) is 5.84 Å². The van der Waals surface area contributed by atoms with Crippen molar-refractivity contribution in [2.45, 2.75) is 26.3 Å². The van der Waals surface area contributed by atoms with Gasteiger partial charge in [0.1, 0.15) is 0 Å². The Bertz CT molecular complexity index is 120. The van der Waals surface area contributed by atoms with Crippen LogP contribution in [0.2, 0.25) is 0 Å². The molecule has 0 spiro atoms. The molecular formula is C7H14N2. The molecule has 52 valence electrons. The molecule has 0 fully saturated rings. The van der Waals surface area contributed by atoms with E-state index >= 15 is 0 Å². The Balaban J connectivity index is 2.58. The van der Waals surface area contributed by atoms with Crippen molar-refractivity contribution in [2.75, 3.05) is 0 Å². The second-order valence-corrected chi connectivity index (χ2v) is 2.79. The lowest BCUT2D eigenvalue weighted by Gasteiger charge is -2.30. The van der Waals surface area contributed by atoms with E-state index < -0.39 is 0 Å². The fourth-order valence-corrected chi connectivity index (χ4v) is 1.02. The first-order valence-corrected chi connectivity index (χ1v) is 3.41. The topological polar surface area (TPSA) is 29.3 Å². The largest absolute Gasteiger partial charge is 0.316 e. The smallest absolute Gasteiger partial charge is 0.0445 e. The molecular weight excluding hydrogens is 112 g/mol. The van der Waals surface area contributed by atoms with Crippen molar-refractivity contribution in [3.63, 3.8) is 0 Å². The molecule has 2 N–H and O–H groups in total. The molecule has 0 saturated heterocycles. The molecule has 2 heteroatoms. The van der Waals surface area contributed by atoms with E-state index in [1.807, 2.05) is 6.20 Å². The number of hydrogen-bond donors (Lipinski definition) is 1. The standard InChI is InChI=1S/C7H14N2/c1-6-4-3-5-9(8)7(6)2/h3,5-7H,4,8H2,1-2H3. The summed E-state index contributed by atoms with van der Waals surface area (Å²) in [5.41, 5.74) is 0. The first-order valence-electron chi connectivity index (χ1n) is 3.41. The average Bonchev–Trinajstić information content (AvgIpc) is 1.83. The van der Waals surface area contributed by atoms with Crippen molar-refractivity contribution in [3.8, 4) is 0 Å². The number of rotatable bonds is 0. The van der Waals surface area contributed by atoms with Crippen LogP contribution in [-0.4, -0.2) is 11.1 Å². The predicted octanol–water partition coefficient (Wildman–Crippen LogP) is 1.10. The van der Waals surface area contributed by atoms with E-state index in [0.717, 1.165) is 6.42 Å². The van der Waals surface area contributed by atoms with Crippen LogP contribution in [0.1, 0.15) is 20.3 Å². The zero-order valence-corrected chi connectivity index (χ0v) is 6.04. The maximum Gasteiger partial charge on any atom is 0.0445 e. The highest BCUT2D eigenvalue weighted by Crippen LogP contribution is 2.17. The van der Waals surface area contributed by atoms with Gasteiger partial charge in [0.15, 0.2) is 0 Å².